The summed E-state index contributed by atoms with van der Waals surface area (Å²) < 4.78 is 0. The number of hydrogen-bond donors (Lipinski definition) is 2. The Morgan fingerprint density at radius 3 is 2.58 bits per heavy atom. The van der Waals surface area contributed by atoms with Crippen molar-refractivity contribution in [1.82, 2.24) is 15.5 Å². The third kappa shape index (κ3) is 3.84. The first kappa shape index (κ1) is 13.6. The Balaban J connectivity index is 2.12. The van der Waals surface area contributed by atoms with Crippen LogP contribution in [0.1, 0.15) is 29.1 Å². The molecule has 0 radical (unpaired) electrons. The van der Waals surface area contributed by atoms with Gasteiger partial charge in [0.1, 0.15) is 10.5 Å². The van der Waals surface area contributed by atoms with Crippen LogP contribution in [0.2, 0.25) is 0 Å². The standard InChI is InChI=1S/C13H16N4OS/c1-9(18)16-12(13-17-15-8-19-13)6-10-2-4-11(7-14)5-3-10/h2-5,8,12H,6-7,14H2,1H3,(H,16,18). The third-order valence-corrected chi connectivity index (χ3v) is 3.56. The van der Waals surface area contributed by atoms with Gasteiger partial charge in [-0.15, -0.1) is 21.5 Å². The number of amides is 1. The SMILES string of the molecule is CC(=O)NC(Cc1ccc(CN)cc1)c1nncs1. The van der Waals surface area contributed by atoms with Gasteiger partial charge in [0.15, 0.2) is 0 Å². The number of rotatable bonds is 5. The van der Waals surface area contributed by atoms with Crippen molar-refractivity contribution < 1.29 is 4.79 Å². The van der Waals surface area contributed by atoms with Crippen LogP contribution >= 0.6 is 11.3 Å². The van der Waals surface area contributed by atoms with Crippen molar-refractivity contribution in [3.05, 3.63) is 45.9 Å². The maximum atomic E-state index is 11.3. The van der Waals surface area contributed by atoms with Crippen molar-refractivity contribution in [3.63, 3.8) is 0 Å². The van der Waals surface area contributed by atoms with E-state index in [4.69, 9.17) is 5.73 Å². The van der Waals surface area contributed by atoms with Gasteiger partial charge in [0.2, 0.25) is 5.91 Å². The summed E-state index contributed by atoms with van der Waals surface area (Å²) in [6.07, 6.45) is 0.694. The molecular formula is C13H16N4OS. The van der Waals surface area contributed by atoms with Gasteiger partial charge in [-0.1, -0.05) is 24.3 Å². The Kier molecular flexibility index (Phi) is 4.59. The van der Waals surface area contributed by atoms with Gasteiger partial charge in [0, 0.05) is 13.5 Å². The maximum Gasteiger partial charge on any atom is 0.217 e. The van der Waals surface area contributed by atoms with E-state index in [9.17, 15) is 4.79 Å². The van der Waals surface area contributed by atoms with Crippen molar-refractivity contribution in [1.29, 1.82) is 0 Å². The number of carbonyl (C=O) groups excluding carboxylic acids is 1. The van der Waals surface area contributed by atoms with E-state index in [1.165, 1.54) is 18.3 Å². The van der Waals surface area contributed by atoms with Gasteiger partial charge in [-0.25, -0.2) is 0 Å². The lowest BCUT2D eigenvalue weighted by Crippen LogP contribution is -2.27. The first-order valence-electron chi connectivity index (χ1n) is 6.00. The Bertz CT molecular complexity index is 524. The van der Waals surface area contributed by atoms with Gasteiger partial charge in [0.25, 0.3) is 0 Å². The van der Waals surface area contributed by atoms with E-state index >= 15 is 0 Å². The van der Waals surface area contributed by atoms with Crippen molar-refractivity contribution >= 4 is 17.2 Å². The molecule has 5 nitrogen and oxygen atoms in total. The average molecular weight is 276 g/mol. The molecule has 1 aromatic heterocycles. The molecule has 0 aliphatic heterocycles. The molecule has 1 aromatic carbocycles. The predicted molar refractivity (Wildman–Crippen MR) is 74.5 cm³/mol. The summed E-state index contributed by atoms with van der Waals surface area (Å²) in [5, 5.41) is 11.6. The molecule has 0 aliphatic rings. The van der Waals surface area contributed by atoms with Crippen molar-refractivity contribution in [2.45, 2.75) is 25.9 Å². The van der Waals surface area contributed by atoms with Gasteiger partial charge in [-0.3, -0.25) is 4.79 Å². The number of nitrogens with zero attached hydrogens (tertiary/aromatic N) is 2. The molecule has 19 heavy (non-hydrogen) atoms. The van der Waals surface area contributed by atoms with E-state index in [1.807, 2.05) is 24.3 Å². The fraction of sp³-hybridized carbons (Fsp3) is 0.308. The van der Waals surface area contributed by atoms with Crippen LogP contribution in [0.25, 0.3) is 0 Å². The highest BCUT2D eigenvalue weighted by molar-refractivity contribution is 7.09. The topological polar surface area (TPSA) is 80.9 Å². The van der Waals surface area contributed by atoms with Crippen LogP contribution in [0.5, 0.6) is 0 Å². The second kappa shape index (κ2) is 6.40. The number of hydrogen-bond acceptors (Lipinski definition) is 5. The smallest absolute Gasteiger partial charge is 0.217 e. The predicted octanol–water partition coefficient (Wildman–Crippen LogP) is 1.42. The number of benzene rings is 1. The highest BCUT2D eigenvalue weighted by atomic mass is 32.1. The van der Waals surface area contributed by atoms with Crippen LogP contribution in [0.4, 0.5) is 0 Å². The first-order chi connectivity index (χ1) is 9.19. The lowest BCUT2D eigenvalue weighted by molar-refractivity contribution is -0.119. The Morgan fingerprint density at radius 1 is 1.37 bits per heavy atom. The minimum Gasteiger partial charge on any atom is -0.347 e. The highest BCUT2D eigenvalue weighted by Gasteiger charge is 2.16. The molecule has 1 atom stereocenters. The Labute approximate surface area is 115 Å². The van der Waals surface area contributed by atoms with Crippen LogP contribution in [-0.4, -0.2) is 16.1 Å². The molecule has 0 spiro atoms. The number of carbonyl (C=O) groups is 1. The summed E-state index contributed by atoms with van der Waals surface area (Å²) in [6.45, 7) is 2.04. The van der Waals surface area contributed by atoms with Gasteiger partial charge in [0.05, 0.1) is 6.04 Å². The molecule has 2 rings (SSSR count). The minimum absolute atomic E-state index is 0.0706. The summed E-state index contributed by atoms with van der Waals surface area (Å²) in [7, 11) is 0. The lowest BCUT2D eigenvalue weighted by atomic mass is 10.0. The van der Waals surface area contributed by atoms with Crippen LogP contribution in [-0.2, 0) is 17.8 Å². The number of nitrogens with one attached hydrogen (secondary N) is 1. The fourth-order valence-electron chi connectivity index (χ4n) is 1.83. The summed E-state index contributed by atoms with van der Waals surface area (Å²) in [5.74, 6) is -0.0706. The molecule has 6 heteroatoms. The lowest BCUT2D eigenvalue weighted by Gasteiger charge is -2.15. The van der Waals surface area contributed by atoms with Gasteiger partial charge in [-0.05, 0) is 17.5 Å². The average Bonchev–Trinajstić information content (AvgIpc) is 2.92. The molecule has 100 valence electrons. The largest absolute Gasteiger partial charge is 0.347 e. The van der Waals surface area contributed by atoms with Gasteiger partial charge < -0.3 is 11.1 Å². The molecule has 1 unspecified atom stereocenters. The zero-order valence-corrected chi connectivity index (χ0v) is 11.5. The molecule has 1 amide bonds. The summed E-state index contributed by atoms with van der Waals surface area (Å²) in [5.41, 5.74) is 9.46. The third-order valence-electron chi connectivity index (χ3n) is 2.75. The van der Waals surface area contributed by atoms with E-state index in [0.29, 0.717) is 13.0 Å². The van der Waals surface area contributed by atoms with E-state index in [1.54, 1.807) is 5.51 Å². The van der Waals surface area contributed by atoms with Crippen LogP contribution < -0.4 is 11.1 Å². The quantitative estimate of drug-likeness (QED) is 0.865. The van der Waals surface area contributed by atoms with Crippen LogP contribution in [0.15, 0.2) is 29.8 Å². The summed E-state index contributed by atoms with van der Waals surface area (Å²) in [6, 6.07) is 7.92. The van der Waals surface area contributed by atoms with E-state index in [-0.39, 0.29) is 11.9 Å². The molecule has 0 saturated heterocycles. The zero-order valence-electron chi connectivity index (χ0n) is 10.7. The van der Waals surface area contributed by atoms with E-state index < -0.39 is 0 Å². The highest BCUT2D eigenvalue weighted by Crippen LogP contribution is 2.20. The molecule has 1 heterocycles. The van der Waals surface area contributed by atoms with Crippen molar-refractivity contribution in [2.24, 2.45) is 5.73 Å². The molecule has 0 aliphatic carbocycles. The molecule has 2 aromatic rings. The number of nitrogens with two attached hydrogens (primary N) is 1. The summed E-state index contributed by atoms with van der Waals surface area (Å²) >= 11 is 1.44. The molecule has 0 bridgehead atoms. The van der Waals surface area contributed by atoms with E-state index in [2.05, 4.69) is 15.5 Å². The van der Waals surface area contributed by atoms with Gasteiger partial charge >= 0.3 is 0 Å². The van der Waals surface area contributed by atoms with Crippen molar-refractivity contribution in [3.8, 4) is 0 Å². The second-order valence-corrected chi connectivity index (χ2v) is 5.12. The van der Waals surface area contributed by atoms with Crippen LogP contribution in [0.3, 0.4) is 0 Å². The summed E-state index contributed by atoms with van der Waals surface area (Å²) in [4.78, 5) is 11.3. The van der Waals surface area contributed by atoms with Crippen LogP contribution in [0, 0.1) is 0 Å². The minimum atomic E-state index is -0.131. The first-order valence-corrected chi connectivity index (χ1v) is 6.88. The number of aromatic nitrogens is 2. The Morgan fingerprint density at radius 2 is 2.05 bits per heavy atom. The molecule has 3 N–H and O–H groups in total. The monoisotopic (exact) mass is 276 g/mol. The molecular weight excluding hydrogens is 260 g/mol. The second-order valence-electron chi connectivity index (χ2n) is 4.25. The molecule has 0 saturated carbocycles. The molecule has 0 fully saturated rings. The Hall–Kier alpha value is -1.79. The van der Waals surface area contributed by atoms with Crippen molar-refractivity contribution in [2.75, 3.05) is 0 Å². The van der Waals surface area contributed by atoms with E-state index in [0.717, 1.165) is 16.1 Å². The normalized spacial score (nSPS) is 12.1. The maximum absolute atomic E-state index is 11.3. The fourth-order valence-corrected chi connectivity index (χ4v) is 2.43. The van der Waals surface area contributed by atoms with Gasteiger partial charge in [-0.2, -0.15) is 0 Å². The zero-order chi connectivity index (χ0) is 13.7.